The Morgan fingerprint density at radius 2 is 2.04 bits per heavy atom. The molecule has 3 aromatic rings. The third kappa shape index (κ3) is 5.04. The monoisotopic (exact) mass is 374 g/mol. The van der Waals surface area contributed by atoms with Gasteiger partial charge in [0.25, 0.3) is 5.89 Å². The average molecular weight is 375 g/mol. The maximum Gasteiger partial charge on any atom is 0.259 e. The molecule has 1 aromatic carbocycles. The van der Waals surface area contributed by atoms with E-state index in [1.807, 2.05) is 24.3 Å². The summed E-state index contributed by atoms with van der Waals surface area (Å²) in [6, 6.07) is 11.0. The first-order chi connectivity index (χ1) is 12.1. The summed E-state index contributed by atoms with van der Waals surface area (Å²) in [6.45, 7) is 2.23. The molecular formula is C17H15ClN4O2S. The fourth-order valence-corrected chi connectivity index (χ4v) is 2.80. The first kappa shape index (κ1) is 17.4. The molecule has 1 amide bonds. The SMILES string of the molecule is Cc1noc(-c2ccc(SCC(=O)NCc3ccc(Cl)cc3)nc2)n1. The van der Waals surface area contributed by atoms with E-state index in [9.17, 15) is 4.79 Å². The van der Waals surface area contributed by atoms with E-state index in [4.69, 9.17) is 16.1 Å². The van der Waals surface area contributed by atoms with Gasteiger partial charge in [0.05, 0.1) is 16.3 Å². The predicted octanol–water partition coefficient (Wildman–Crippen LogP) is 3.50. The number of carbonyl (C=O) groups is 1. The molecule has 0 saturated carbocycles. The molecule has 0 aliphatic rings. The lowest BCUT2D eigenvalue weighted by atomic mass is 10.2. The Balaban J connectivity index is 1.47. The second kappa shape index (κ2) is 8.13. The average Bonchev–Trinajstić information content (AvgIpc) is 3.06. The van der Waals surface area contributed by atoms with Gasteiger partial charge >= 0.3 is 0 Å². The second-order valence-corrected chi connectivity index (χ2v) is 6.66. The molecule has 0 unspecified atom stereocenters. The molecule has 0 spiro atoms. The van der Waals surface area contributed by atoms with Gasteiger partial charge in [-0.3, -0.25) is 4.79 Å². The summed E-state index contributed by atoms with van der Waals surface area (Å²) in [5, 5.41) is 8.04. The van der Waals surface area contributed by atoms with Crippen molar-refractivity contribution < 1.29 is 9.32 Å². The minimum Gasteiger partial charge on any atom is -0.351 e. The predicted molar refractivity (Wildman–Crippen MR) is 96.3 cm³/mol. The summed E-state index contributed by atoms with van der Waals surface area (Å²) in [5.74, 6) is 1.24. The van der Waals surface area contributed by atoms with Crippen LogP contribution in [0.25, 0.3) is 11.5 Å². The zero-order chi connectivity index (χ0) is 17.6. The minimum atomic E-state index is -0.0571. The number of carbonyl (C=O) groups excluding carboxylic acids is 1. The van der Waals surface area contributed by atoms with Crippen molar-refractivity contribution in [3.63, 3.8) is 0 Å². The van der Waals surface area contributed by atoms with E-state index in [0.29, 0.717) is 29.0 Å². The van der Waals surface area contributed by atoms with E-state index in [-0.39, 0.29) is 5.91 Å². The van der Waals surface area contributed by atoms with Crippen LogP contribution in [-0.2, 0) is 11.3 Å². The molecule has 0 fully saturated rings. The molecule has 0 aliphatic carbocycles. The van der Waals surface area contributed by atoms with Crippen LogP contribution in [-0.4, -0.2) is 26.8 Å². The van der Waals surface area contributed by atoms with Crippen molar-refractivity contribution in [2.75, 3.05) is 5.75 Å². The van der Waals surface area contributed by atoms with Crippen LogP contribution < -0.4 is 5.32 Å². The number of halogens is 1. The minimum absolute atomic E-state index is 0.0571. The highest BCUT2D eigenvalue weighted by Crippen LogP contribution is 2.20. The Kier molecular flexibility index (Phi) is 5.67. The molecular weight excluding hydrogens is 360 g/mol. The van der Waals surface area contributed by atoms with E-state index >= 15 is 0 Å². The Bertz CT molecular complexity index is 850. The van der Waals surface area contributed by atoms with Crippen molar-refractivity contribution in [2.45, 2.75) is 18.5 Å². The lowest BCUT2D eigenvalue weighted by molar-refractivity contribution is -0.118. The van der Waals surface area contributed by atoms with Crippen LogP contribution in [0.2, 0.25) is 5.02 Å². The highest BCUT2D eigenvalue weighted by atomic mass is 35.5. The van der Waals surface area contributed by atoms with Gasteiger partial charge in [0.2, 0.25) is 5.91 Å². The molecule has 0 saturated heterocycles. The number of aryl methyl sites for hydroxylation is 1. The third-order valence-electron chi connectivity index (χ3n) is 3.26. The normalized spacial score (nSPS) is 10.6. The number of pyridine rings is 1. The molecule has 128 valence electrons. The number of hydrogen-bond donors (Lipinski definition) is 1. The van der Waals surface area contributed by atoms with Crippen LogP contribution >= 0.6 is 23.4 Å². The lowest BCUT2D eigenvalue weighted by Crippen LogP contribution is -2.24. The highest BCUT2D eigenvalue weighted by Gasteiger charge is 2.08. The van der Waals surface area contributed by atoms with Crippen LogP contribution in [0.15, 0.2) is 52.1 Å². The first-order valence-electron chi connectivity index (χ1n) is 7.51. The van der Waals surface area contributed by atoms with Crippen LogP contribution in [0.4, 0.5) is 0 Å². The van der Waals surface area contributed by atoms with Gasteiger partial charge in [-0.2, -0.15) is 4.98 Å². The zero-order valence-electron chi connectivity index (χ0n) is 13.4. The molecule has 0 aliphatic heterocycles. The van der Waals surface area contributed by atoms with Crippen molar-refractivity contribution >= 4 is 29.3 Å². The van der Waals surface area contributed by atoms with Gasteiger partial charge in [0.15, 0.2) is 5.82 Å². The molecule has 25 heavy (non-hydrogen) atoms. The number of thioether (sulfide) groups is 1. The van der Waals surface area contributed by atoms with Crippen LogP contribution in [0.5, 0.6) is 0 Å². The van der Waals surface area contributed by atoms with Crippen molar-refractivity contribution in [2.24, 2.45) is 0 Å². The topological polar surface area (TPSA) is 80.9 Å². The summed E-state index contributed by atoms with van der Waals surface area (Å²) in [6.07, 6.45) is 1.65. The maximum absolute atomic E-state index is 11.9. The van der Waals surface area contributed by atoms with Crippen molar-refractivity contribution in [1.29, 1.82) is 0 Å². The van der Waals surface area contributed by atoms with Crippen LogP contribution in [0, 0.1) is 6.92 Å². The van der Waals surface area contributed by atoms with E-state index in [1.165, 1.54) is 11.8 Å². The van der Waals surface area contributed by atoms with Gasteiger partial charge in [-0.1, -0.05) is 40.7 Å². The number of aromatic nitrogens is 3. The molecule has 1 N–H and O–H groups in total. The molecule has 2 aromatic heterocycles. The van der Waals surface area contributed by atoms with Crippen molar-refractivity contribution in [3.8, 4) is 11.5 Å². The third-order valence-corrected chi connectivity index (χ3v) is 4.46. The number of nitrogens with one attached hydrogen (secondary N) is 1. The van der Waals surface area contributed by atoms with Gasteiger partial charge in [-0.05, 0) is 36.8 Å². The summed E-state index contributed by atoms with van der Waals surface area (Å²) in [4.78, 5) is 20.4. The quantitative estimate of drug-likeness (QED) is 0.665. The molecule has 0 bridgehead atoms. The summed E-state index contributed by atoms with van der Waals surface area (Å²) < 4.78 is 5.09. The van der Waals surface area contributed by atoms with Crippen molar-refractivity contribution in [3.05, 3.63) is 59.0 Å². The van der Waals surface area contributed by atoms with Gasteiger partial charge in [0, 0.05) is 17.8 Å². The number of amides is 1. The molecule has 6 nitrogen and oxygen atoms in total. The van der Waals surface area contributed by atoms with Gasteiger partial charge in [-0.25, -0.2) is 4.98 Å². The molecule has 8 heteroatoms. The Morgan fingerprint density at radius 1 is 1.24 bits per heavy atom. The summed E-state index contributed by atoms with van der Waals surface area (Å²) in [7, 11) is 0. The number of rotatable bonds is 6. The van der Waals surface area contributed by atoms with E-state index in [2.05, 4.69) is 20.4 Å². The largest absolute Gasteiger partial charge is 0.351 e. The van der Waals surface area contributed by atoms with Crippen molar-refractivity contribution in [1.82, 2.24) is 20.4 Å². The fraction of sp³-hybridized carbons (Fsp3) is 0.176. The van der Waals surface area contributed by atoms with E-state index in [0.717, 1.165) is 16.2 Å². The lowest BCUT2D eigenvalue weighted by Gasteiger charge is -2.05. The summed E-state index contributed by atoms with van der Waals surface area (Å²) >= 11 is 7.20. The highest BCUT2D eigenvalue weighted by molar-refractivity contribution is 7.99. The Labute approximate surface area is 154 Å². The number of nitrogens with zero attached hydrogens (tertiary/aromatic N) is 3. The number of hydrogen-bond acceptors (Lipinski definition) is 6. The number of benzene rings is 1. The Hall–Kier alpha value is -2.38. The van der Waals surface area contributed by atoms with Gasteiger partial charge in [0.1, 0.15) is 0 Å². The first-order valence-corrected chi connectivity index (χ1v) is 8.87. The fourth-order valence-electron chi connectivity index (χ4n) is 2.00. The van der Waals surface area contributed by atoms with E-state index in [1.54, 1.807) is 25.3 Å². The van der Waals surface area contributed by atoms with Crippen LogP contribution in [0.1, 0.15) is 11.4 Å². The Morgan fingerprint density at radius 3 is 2.68 bits per heavy atom. The van der Waals surface area contributed by atoms with E-state index < -0.39 is 0 Å². The second-order valence-electron chi connectivity index (χ2n) is 5.22. The van der Waals surface area contributed by atoms with Gasteiger partial charge < -0.3 is 9.84 Å². The van der Waals surface area contributed by atoms with Crippen LogP contribution in [0.3, 0.4) is 0 Å². The maximum atomic E-state index is 11.9. The molecule has 2 heterocycles. The zero-order valence-corrected chi connectivity index (χ0v) is 15.0. The molecule has 0 radical (unpaired) electrons. The molecule has 0 atom stereocenters. The molecule has 3 rings (SSSR count). The standard InChI is InChI=1S/C17H15ClN4O2S/c1-11-21-17(24-22-11)13-4-7-16(20-9-13)25-10-15(23)19-8-12-2-5-14(18)6-3-12/h2-7,9H,8,10H2,1H3,(H,19,23). The van der Waals surface area contributed by atoms with Gasteiger partial charge in [-0.15, -0.1) is 0 Å². The summed E-state index contributed by atoms with van der Waals surface area (Å²) in [5.41, 5.74) is 1.75. The smallest absolute Gasteiger partial charge is 0.259 e.